The summed E-state index contributed by atoms with van der Waals surface area (Å²) in [6.07, 6.45) is 0.626. The lowest BCUT2D eigenvalue weighted by Crippen LogP contribution is -2.32. The van der Waals surface area contributed by atoms with E-state index in [1.807, 2.05) is 12.1 Å². The lowest BCUT2D eigenvalue weighted by Gasteiger charge is -2.22. The van der Waals surface area contributed by atoms with Crippen LogP contribution in [-0.2, 0) is 11.2 Å². The number of ether oxygens (including phenoxy) is 1. The Kier molecular flexibility index (Phi) is 3.67. The minimum absolute atomic E-state index is 0.362. The molecule has 0 radical (unpaired) electrons. The molecule has 14 heavy (non-hydrogen) atoms. The number of aliphatic hydroxyl groups is 1. The van der Waals surface area contributed by atoms with Crippen LogP contribution < -0.4 is 0 Å². The summed E-state index contributed by atoms with van der Waals surface area (Å²) in [6.45, 7) is 4.20. The molecule has 1 atom stereocenters. The van der Waals surface area contributed by atoms with Crippen molar-refractivity contribution in [1.29, 1.82) is 0 Å². The zero-order chi connectivity index (χ0) is 10.6. The molecule has 2 nitrogen and oxygen atoms in total. The largest absolute Gasteiger partial charge is 0.387 e. The fourth-order valence-corrected chi connectivity index (χ4v) is 1.51. The van der Waals surface area contributed by atoms with E-state index in [-0.39, 0.29) is 0 Å². The van der Waals surface area contributed by atoms with Crippen molar-refractivity contribution in [3.05, 3.63) is 35.4 Å². The summed E-state index contributed by atoms with van der Waals surface area (Å²) in [5, 5.41) is 9.91. The third-order valence-corrected chi connectivity index (χ3v) is 2.16. The zero-order valence-corrected chi connectivity index (χ0v) is 9.08. The second-order valence-electron chi connectivity index (χ2n) is 4.09. The first-order valence-electron chi connectivity index (χ1n) is 4.80. The molecule has 1 unspecified atom stereocenters. The molecular weight excluding hydrogens is 176 g/mol. The molecule has 0 spiro atoms. The molecule has 2 heteroatoms. The van der Waals surface area contributed by atoms with E-state index in [1.54, 1.807) is 14.0 Å². The predicted molar refractivity (Wildman–Crippen MR) is 57.4 cm³/mol. The van der Waals surface area contributed by atoms with Gasteiger partial charge in [-0.05, 0) is 19.4 Å². The van der Waals surface area contributed by atoms with E-state index in [9.17, 15) is 5.11 Å². The second kappa shape index (κ2) is 4.58. The average Bonchev–Trinajstić information content (AvgIpc) is 2.08. The summed E-state index contributed by atoms with van der Waals surface area (Å²) in [4.78, 5) is 0. The van der Waals surface area contributed by atoms with Gasteiger partial charge in [0.1, 0.15) is 0 Å². The van der Waals surface area contributed by atoms with E-state index in [0.717, 1.165) is 5.56 Å². The molecule has 0 aliphatic carbocycles. The van der Waals surface area contributed by atoms with Crippen LogP contribution in [0.15, 0.2) is 24.3 Å². The number of methoxy groups -OCH3 is 1. The third kappa shape index (κ3) is 3.48. The molecule has 0 aromatic heterocycles. The Morgan fingerprint density at radius 2 is 1.86 bits per heavy atom. The number of hydrogen-bond acceptors (Lipinski definition) is 2. The monoisotopic (exact) mass is 194 g/mol. The van der Waals surface area contributed by atoms with Crippen LogP contribution in [0, 0.1) is 6.92 Å². The summed E-state index contributed by atoms with van der Waals surface area (Å²) < 4.78 is 4.95. The fraction of sp³-hybridized carbons (Fsp3) is 0.500. The molecule has 1 aromatic carbocycles. The lowest BCUT2D eigenvalue weighted by atomic mass is 9.97. The predicted octanol–water partition coefficient (Wildman–Crippen LogP) is 1.93. The summed E-state index contributed by atoms with van der Waals surface area (Å²) in [6, 6.07) is 8.19. The van der Waals surface area contributed by atoms with Gasteiger partial charge in [-0.25, -0.2) is 0 Å². The smallest absolute Gasteiger partial charge is 0.0892 e. The van der Waals surface area contributed by atoms with E-state index in [2.05, 4.69) is 19.1 Å². The molecule has 1 aromatic rings. The van der Waals surface area contributed by atoms with Crippen molar-refractivity contribution in [2.75, 3.05) is 13.7 Å². The van der Waals surface area contributed by atoms with Crippen LogP contribution >= 0.6 is 0 Å². The van der Waals surface area contributed by atoms with E-state index < -0.39 is 5.60 Å². The van der Waals surface area contributed by atoms with Gasteiger partial charge < -0.3 is 9.84 Å². The van der Waals surface area contributed by atoms with Crippen LogP contribution in [0.4, 0.5) is 0 Å². The Balaban J connectivity index is 2.64. The Labute approximate surface area is 85.5 Å². The highest BCUT2D eigenvalue weighted by atomic mass is 16.5. The standard InChI is InChI=1S/C12H18O2/c1-10-4-6-11(7-5-10)8-12(2,13)9-14-3/h4-7,13H,8-9H2,1-3H3. The van der Waals surface area contributed by atoms with Gasteiger partial charge in [-0.1, -0.05) is 29.8 Å². The molecule has 0 heterocycles. The molecule has 0 saturated heterocycles. The molecule has 1 rings (SSSR count). The Hall–Kier alpha value is -0.860. The summed E-state index contributed by atoms with van der Waals surface area (Å²) in [7, 11) is 1.60. The van der Waals surface area contributed by atoms with E-state index in [0.29, 0.717) is 13.0 Å². The molecular formula is C12H18O2. The molecule has 0 aliphatic rings. The van der Waals surface area contributed by atoms with E-state index in [1.165, 1.54) is 5.56 Å². The van der Waals surface area contributed by atoms with Gasteiger partial charge in [0.2, 0.25) is 0 Å². The summed E-state index contributed by atoms with van der Waals surface area (Å²) in [5.74, 6) is 0. The van der Waals surface area contributed by atoms with Gasteiger partial charge in [0.05, 0.1) is 12.2 Å². The minimum atomic E-state index is -0.774. The Bertz CT molecular complexity index is 275. The van der Waals surface area contributed by atoms with Gasteiger partial charge in [-0.3, -0.25) is 0 Å². The number of hydrogen-bond donors (Lipinski definition) is 1. The van der Waals surface area contributed by atoms with Gasteiger partial charge in [0, 0.05) is 13.5 Å². The topological polar surface area (TPSA) is 29.5 Å². The highest BCUT2D eigenvalue weighted by Gasteiger charge is 2.20. The highest BCUT2D eigenvalue weighted by molar-refractivity contribution is 5.22. The van der Waals surface area contributed by atoms with Gasteiger partial charge in [-0.15, -0.1) is 0 Å². The molecule has 1 N–H and O–H groups in total. The molecule has 0 amide bonds. The third-order valence-electron chi connectivity index (χ3n) is 2.16. The van der Waals surface area contributed by atoms with Crippen molar-refractivity contribution in [3.63, 3.8) is 0 Å². The Morgan fingerprint density at radius 1 is 1.29 bits per heavy atom. The van der Waals surface area contributed by atoms with E-state index >= 15 is 0 Å². The van der Waals surface area contributed by atoms with Crippen molar-refractivity contribution in [2.45, 2.75) is 25.9 Å². The maximum Gasteiger partial charge on any atom is 0.0892 e. The normalized spacial score (nSPS) is 15.1. The van der Waals surface area contributed by atoms with Crippen LogP contribution in [0.5, 0.6) is 0 Å². The quantitative estimate of drug-likeness (QED) is 0.793. The van der Waals surface area contributed by atoms with Crippen LogP contribution in [0.25, 0.3) is 0 Å². The molecule has 0 saturated carbocycles. The average molecular weight is 194 g/mol. The molecule has 0 aliphatic heterocycles. The highest BCUT2D eigenvalue weighted by Crippen LogP contribution is 2.13. The van der Waals surface area contributed by atoms with Crippen LogP contribution in [0.1, 0.15) is 18.1 Å². The van der Waals surface area contributed by atoms with Gasteiger partial charge in [0.15, 0.2) is 0 Å². The van der Waals surface area contributed by atoms with Crippen LogP contribution in [0.3, 0.4) is 0 Å². The number of rotatable bonds is 4. The Morgan fingerprint density at radius 3 is 2.36 bits per heavy atom. The maximum atomic E-state index is 9.91. The first-order valence-corrected chi connectivity index (χ1v) is 4.80. The lowest BCUT2D eigenvalue weighted by molar-refractivity contribution is -0.0161. The van der Waals surface area contributed by atoms with Gasteiger partial charge in [0.25, 0.3) is 0 Å². The molecule has 0 fully saturated rings. The second-order valence-corrected chi connectivity index (χ2v) is 4.09. The van der Waals surface area contributed by atoms with Gasteiger partial charge >= 0.3 is 0 Å². The SMILES string of the molecule is COCC(C)(O)Cc1ccc(C)cc1. The van der Waals surface area contributed by atoms with Crippen LogP contribution in [-0.4, -0.2) is 24.4 Å². The van der Waals surface area contributed by atoms with Crippen molar-refractivity contribution in [1.82, 2.24) is 0 Å². The van der Waals surface area contributed by atoms with Crippen molar-refractivity contribution in [3.8, 4) is 0 Å². The van der Waals surface area contributed by atoms with Crippen LogP contribution in [0.2, 0.25) is 0 Å². The molecule has 0 bridgehead atoms. The first kappa shape index (κ1) is 11.2. The summed E-state index contributed by atoms with van der Waals surface area (Å²) >= 11 is 0. The number of aryl methyl sites for hydroxylation is 1. The minimum Gasteiger partial charge on any atom is -0.387 e. The van der Waals surface area contributed by atoms with Crippen molar-refractivity contribution >= 4 is 0 Å². The van der Waals surface area contributed by atoms with Crippen molar-refractivity contribution < 1.29 is 9.84 Å². The van der Waals surface area contributed by atoms with Crippen molar-refractivity contribution in [2.24, 2.45) is 0 Å². The summed E-state index contributed by atoms with van der Waals surface area (Å²) in [5.41, 5.74) is 1.60. The van der Waals surface area contributed by atoms with Gasteiger partial charge in [-0.2, -0.15) is 0 Å². The maximum absolute atomic E-state index is 9.91. The fourth-order valence-electron chi connectivity index (χ4n) is 1.51. The molecule has 78 valence electrons. The first-order chi connectivity index (χ1) is 6.53. The number of benzene rings is 1. The zero-order valence-electron chi connectivity index (χ0n) is 9.08. The van der Waals surface area contributed by atoms with E-state index in [4.69, 9.17) is 4.74 Å².